The van der Waals surface area contributed by atoms with Crippen molar-refractivity contribution in [3.05, 3.63) is 45.9 Å². The van der Waals surface area contributed by atoms with Crippen LogP contribution in [0.1, 0.15) is 0 Å². The fraction of sp³-hybridized carbons (Fsp3) is 0.0769. The van der Waals surface area contributed by atoms with Gasteiger partial charge in [0.15, 0.2) is 0 Å². The predicted octanol–water partition coefficient (Wildman–Crippen LogP) is 4.21. The van der Waals surface area contributed by atoms with E-state index in [1.807, 2.05) is 12.3 Å². The van der Waals surface area contributed by atoms with E-state index in [4.69, 9.17) is 17.3 Å². The van der Waals surface area contributed by atoms with Crippen LogP contribution in [0.3, 0.4) is 0 Å². The van der Waals surface area contributed by atoms with Crippen molar-refractivity contribution in [3.8, 4) is 0 Å². The largest absolute Gasteiger partial charge is 0.398 e. The first-order valence-corrected chi connectivity index (χ1v) is 9.63. The maximum absolute atomic E-state index is 12.5. The Morgan fingerprint density at radius 3 is 2.67 bits per heavy atom. The first-order chi connectivity index (χ1) is 9.83. The maximum atomic E-state index is 12.5. The van der Waals surface area contributed by atoms with Crippen LogP contribution in [0.15, 0.2) is 50.7 Å². The summed E-state index contributed by atoms with van der Waals surface area (Å²) in [5.41, 5.74) is 6.47. The van der Waals surface area contributed by atoms with Gasteiger partial charge in [-0.3, -0.25) is 4.72 Å². The first kappa shape index (κ1) is 16.5. The number of hydrogen-bond donors (Lipinski definition) is 2. The zero-order valence-electron chi connectivity index (χ0n) is 10.9. The third-order valence-electron chi connectivity index (χ3n) is 2.64. The summed E-state index contributed by atoms with van der Waals surface area (Å²) in [6.07, 6.45) is 1.92. The monoisotopic (exact) mass is 406 g/mol. The Labute approximate surface area is 141 Å². The minimum absolute atomic E-state index is 0.00190. The average molecular weight is 408 g/mol. The molecule has 0 heterocycles. The third-order valence-corrected chi connectivity index (χ3v) is 6.14. The number of hydrogen-bond acceptors (Lipinski definition) is 4. The number of thioether (sulfide) groups is 1. The maximum Gasteiger partial charge on any atom is 0.263 e. The van der Waals surface area contributed by atoms with Gasteiger partial charge in [-0.15, -0.1) is 11.8 Å². The number of benzene rings is 2. The van der Waals surface area contributed by atoms with Crippen LogP contribution in [-0.4, -0.2) is 14.7 Å². The molecule has 21 heavy (non-hydrogen) atoms. The molecule has 0 aliphatic rings. The zero-order chi connectivity index (χ0) is 15.6. The molecule has 0 radical (unpaired) electrons. The highest BCUT2D eigenvalue weighted by Crippen LogP contribution is 2.32. The number of nitrogen functional groups attached to an aromatic ring is 1. The SMILES string of the molecule is CSc1cccc(NS(=O)(=O)c2cc(Cl)cc(N)c2Br)c1. The van der Waals surface area contributed by atoms with Gasteiger partial charge in [-0.25, -0.2) is 8.42 Å². The van der Waals surface area contributed by atoms with E-state index in [2.05, 4.69) is 20.7 Å². The van der Waals surface area contributed by atoms with Crippen LogP contribution >= 0.6 is 39.3 Å². The normalized spacial score (nSPS) is 11.4. The summed E-state index contributed by atoms with van der Waals surface area (Å²) >= 11 is 10.6. The summed E-state index contributed by atoms with van der Waals surface area (Å²) < 4.78 is 27.7. The molecule has 2 rings (SSSR count). The van der Waals surface area contributed by atoms with Gasteiger partial charge < -0.3 is 5.73 Å². The second-order valence-electron chi connectivity index (χ2n) is 4.14. The number of nitrogens with one attached hydrogen (secondary N) is 1. The predicted molar refractivity (Wildman–Crippen MR) is 92.6 cm³/mol. The van der Waals surface area contributed by atoms with Gasteiger partial charge in [-0.1, -0.05) is 17.7 Å². The van der Waals surface area contributed by atoms with Gasteiger partial charge in [0.2, 0.25) is 0 Å². The lowest BCUT2D eigenvalue weighted by atomic mass is 10.3. The molecule has 0 aliphatic heterocycles. The number of nitrogens with two attached hydrogens (primary N) is 1. The van der Waals surface area contributed by atoms with Crippen LogP contribution in [-0.2, 0) is 10.0 Å². The van der Waals surface area contributed by atoms with Gasteiger partial charge in [0, 0.05) is 21.3 Å². The molecule has 0 saturated heterocycles. The average Bonchev–Trinajstić information content (AvgIpc) is 2.42. The molecule has 0 amide bonds. The summed E-state index contributed by atoms with van der Waals surface area (Å²) in [7, 11) is -3.78. The van der Waals surface area contributed by atoms with Crippen molar-refractivity contribution < 1.29 is 8.42 Å². The molecule has 8 heteroatoms. The molecule has 0 saturated carbocycles. The van der Waals surface area contributed by atoms with E-state index >= 15 is 0 Å². The van der Waals surface area contributed by atoms with E-state index in [-0.39, 0.29) is 15.6 Å². The molecule has 2 aromatic carbocycles. The van der Waals surface area contributed by atoms with Crippen LogP contribution in [0, 0.1) is 0 Å². The van der Waals surface area contributed by atoms with E-state index in [9.17, 15) is 8.42 Å². The molecular formula is C13H12BrClN2O2S2. The van der Waals surface area contributed by atoms with Crippen LogP contribution in [0.2, 0.25) is 5.02 Å². The molecule has 0 bridgehead atoms. The van der Waals surface area contributed by atoms with Crippen LogP contribution in [0.4, 0.5) is 11.4 Å². The van der Waals surface area contributed by atoms with Crippen molar-refractivity contribution in [1.82, 2.24) is 0 Å². The fourth-order valence-electron chi connectivity index (χ4n) is 1.68. The number of anilines is 2. The Morgan fingerprint density at radius 1 is 1.29 bits per heavy atom. The van der Waals surface area contributed by atoms with Crippen molar-refractivity contribution in [1.29, 1.82) is 0 Å². The van der Waals surface area contributed by atoms with Crippen molar-refractivity contribution in [2.45, 2.75) is 9.79 Å². The highest BCUT2D eigenvalue weighted by molar-refractivity contribution is 9.10. The zero-order valence-corrected chi connectivity index (χ0v) is 14.9. The Morgan fingerprint density at radius 2 is 2.00 bits per heavy atom. The van der Waals surface area contributed by atoms with Gasteiger partial charge in [-0.05, 0) is 52.5 Å². The summed E-state index contributed by atoms with van der Waals surface area (Å²) in [6.45, 7) is 0. The number of sulfonamides is 1. The Hall–Kier alpha value is -0.890. The van der Waals surface area contributed by atoms with E-state index in [0.29, 0.717) is 10.2 Å². The first-order valence-electron chi connectivity index (χ1n) is 5.75. The van der Waals surface area contributed by atoms with Gasteiger partial charge in [-0.2, -0.15) is 0 Å². The fourth-order valence-corrected chi connectivity index (χ4v) is 4.48. The Kier molecular flexibility index (Phi) is 5.08. The molecule has 3 N–H and O–H groups in total. The van der Waals surface area contributed by atoms with E-state index < -0.39 is 10.0 Å². The molecule has 4 nitrogen and oxygen atoms in total. The standard InChI is InChI=1S/C13H12BrClN2O2S2/c1-20-10-4-2-3-9(7-10)17-21(18,19)12-6-8(15)5-11(16)13(12)14/h2-7,17H,16H2,1H3. The van der Waals surface area contributed by atoms with E-state index in [1.54, 1.807) is 18.2 Å². The molecular weight excluding hydrogens is 396 g/mol. The Bertz CT molecular complexity index is 782. The summed E-state index contributed by atoms with van der Waals surface area (Å²) in [5, 5.41) is 0.258. The minimum Gasteiger partial charge on any atom is -0.398 e. The second-order valence-corrected chi connectivity index (χ2v) is 7.90. The van der Waals surface area contributed by atoms with Crippen molar-refractivity contribution in [2.75, 3.05) is 16.7 Å². The number of rotatable bonds is 4. The van der Waals surface area contributed by atoms with Gasteiger partial charge >= 0.3 is 0 Å². The minimum atomic E-state index is -3.78. The van der Waals surface area contributed by atoms with Crippen LogP contribution in [0.25, 0.3) is 0 Å². The Balaban J connectivity index is 2.43. The summed E-state index contributed by atoms with van der Waals surface area (Å²) in [4.78, 5) is 0.960. The van der Waals surface area contributed by atoms with Crippen LogP contribution in [0.5, 0.6) is 0 Å². The lowest BCUT2D eigenvalue weighted by Crippen LogP contribution is -2.14. The van der Waals surface area contributed by atoms with Crippen molar-refractivity contribution >= 4 is 60.7 Å². The van der Waals surface area contributed by atoms with Crippen molar-refractivity contribution in [3.63, 3.8) is 0 Å². The van der Waals surface area contributed by atoms with Gasteiger partial charge in [0.1, 0.15) is 4.90 Å². The molecule has 0 atom stereocenters. The summed E-state index contributed by atoms with van der Waals surface area (Å²) in [5.74, 6) is 0. The highest BCUT2D eigenvalue weighted by atomic mass is 79.9. The summed E-state index contributed by atoms with van der Waals surface area (Å²) in [6, 6.07) is 9.95. The number of halogens is 2. The van der Waals surface area contributed by atoms with E-state index in [1.165, 1.54) is 23.9 Å². The molecule has 2 aromatic rings. The lowest BCUT2D eigenvalue weighted by molar-refractivity contribution is 0.601. The highest BCUT2D eigenvalue weighted by Gasteiger charge is 2.20. The second kappa shape index (κ2) is 6.48. The molecule has 0 fully saturated rings. The quantitative estimate of drug-likeness (QED) is 0.588. The van der Waals surface area contributed by atoms with Gasteiger partial charge in [0.05, 0.1) is 4.47 Å². The van der Waals surface area contributed by atoms with Crippen LogP contribution < -0.4 is 10.5 Å². The molecule has 112 valence electrons. The lowest BCUT2D eigenvalue weighted by Gasteiger charge is -2.12. The van der Waals surface area contributed by atoms with Gasteiger partial charge in [0.25, 0.3) is 10.0 Å². The molecule has 0 spiro atoms. The van der Waals surface area contributed by atoms with E-state index in [0.717, 1.165) is 4.90 Å². The smallest absolute Gasteiger partial charge is 0.263 e. The van der Waals surface area contributed by atoms with Crippen molar-refractivity contribution in [2.24, 2.45) is 0 Å². The molecule has 0 aromatic heterocycles. The molecule has 0 unspecified atom stereocenters. The third kappa shape index (κ3) is 3.85. The molecule has 0 aliphatic carbocycles. The topological polar surface area (TPSA) is 72.2 Å².